The number of hydrogen-bond donors (Lipinski definition) is 2. The predicted molar refractivity (Wildman–Crippen MR) is 95.7 cm³/mol. The zero-order valence-corrected chi connectivity index (χ0v) is 14.7. The monoisotopic (exact) mass is 402 g/mol. The molecule has 4 nitrogen and oxygen atoms in total. The van der Waals surface area contributed by atoms with Crippen LogP contribution in [0.2, 0.25) is 0 Å². The number of rotatable bonds is 4. The molecule has 0 radical (unpaired) electrons. The molecule has 1 aromatic heterocycles. The quantitative estimate of drug-likeness (QED) is 0.470. The second-order valence-corrected chi connectivity index (χ2v) is 5.45. The third-order valence-corrected chi connectivity index (χ3v) is 3.52. The molecule has 0 fully saturated rings. The first-order valence-corrected chi connectivity index (χ1v) is 6.99. The predicted octanol–water partition coefficient (Wildman–Crippen LogP) is 2.93. The standard InChI is InChI=1S/C14H18N4S.HI/c1-11-8-16-13(19-11)10-18-14(15-2)17-9-12-6-4-3-5-7-12;/h3-8H,9-10H2,1-2H3,(H2,15,17,18);1H. The summed E-state index contributed by atoms with van der Waals surface area (Å²) in [5, 5.41) is 7.60. The molecule has 0 aliphatic carbocycles. The zero-order chi connectivity index (χ0) is 13.5. The molecule has 0 amide bonds. The molecule has 6 heteroatoms. The number of aryl methyl sites for hydroxylation is 1. The van der Waals surface area contributed by atoms with Crippen molar-refractivity contribution in [2.24, 2.45) is 4.99 Å². The number of thiazole rings is 1. The van der Waals surface area contributed by atoms with Gasteiger partial charge in [0.05, 0.1) is 6.54 Å². The number of halogens is 1. The van der Waals surface area contributed by atoms with Crippen LogP contribution in [0.4, 0.5) is 0 Å². The molecular formula is C14H19IN4S. The van der Waals surface area contributed by atoms with Gasteiger partial charge in [0, 0.05) is 24.7 Å². The summed E-state index contributed by atoms with van der Waals surface area (Å²) in [7, 11) is 1.77. The molecule has 0 spiro atoms. The van der Waals surface area contributed by atoms with Crippen molar-refractivity contribution in [1.29, 1.82) is 0 Å². The molecule has 0 bridgehead atoms. The van der Waals surface area contributed by atoms with E-state index in [-0.39, 0.29) is 24.0 Å². The van der Waals surface area contributed by atoms with E-state index in [1.807, 2.05) is 24.4 Å². The molecule has 2 aromatic rings. The van der Waals surface area contributed by atoms with Gasteiger partial charge in [0.2, 0.25) is 0 Å². The van der Waals surface area contributed by atoms with E-state index in [0.29, 0.717) is 6.54 Å². The fraction of sp³-hybridized carbons (Fsp3) is 0.286. The number of aliphatic imine (C=N–C) groups is 1. The second kappa shape index (κ2) is 8.91. The normalized spacial score (nSPS) is 10.8. The van der Waals surface area contributed by atoms with Crippen molar-refractivity contribution in [2.45, 2.75) is 20.0 Å². The van der Waals surface area contributed by atoms with Gasteiger partial charge in [-0.25, -0.2) is 4.98 Å². The molecule has 0 unspecified atom stereocenters. The summed E-state index contributed by atoms with van der Waals surface area (Å²) in [6.45, 7) is 3.52. The number of guanidine groups is 1. The first-order valence-electron chi connectivity index (χ1n) is 6.17. The van der Waals surface area contributed by atoms with Crippen molar-refractivity contribution < 1.29 is 0 Å². The van der Waals surface area contributed by atoms with Crippen LogP contribution in [-0.4, -0.2) is 18.0 Å². The van der Waals surface area contributed by atoms with Gasteiger partial charge in [0.15, 0.2) is 5.96 Å². The highest BCUT2D eigenvalue weighted by Gasteiger charge is 2.01. The van der Waals surface area contributed by atoms with Crippen LogP contribution in [0.1, 0.15) is 15.4 Å². The van der Waals surface area contributed by atoms with E-state index in [4.69, 9.17) is 0 Å². The van der Waals surface area contributed by atoms with Crippen LogP contribution in [0.5, 0.6) is 0 Å². The molecule has 0 saturated heterocycles. The Balaban J connectivity index is 0.00000200. The van der Waals surface area contributed by atoms with Gasteiger partial charge < -0.3 is 10.6 Å². The summed E-state index contributed by atoms with van der Waals surface area (Å²) in [6.07, 6.45) is 1.89. The van der Waals surface area contributed by atoms with Gasteiger partial charge in [-0.3, -0.25) is 4.99 Å². The molecule has 1 aromatic carbocycles. The fourth-order valence-electron chi connectivity index (χ4n) is 1.64. The van der Waals surface area contributed by atoms with Gasteiger partial charge in [0.25, 0.3) is 0 Å². The number of aromatic nitrogens is 1. The minimum absolute atomic E-state index is 0. The molecule has 0 aliphatic heterocycles. The van der Waals surface area contributed by atoms with Crippen molar-refractivity contribution in [3.8, 4) is 0 Å². The maximum Gasteiger partial charge on any atom is 0.191 e. The lowest BCUT2D eigenvalue weighted by Crippen LogP contribution is -2.36. The number of benzene rings is 1. The van der Waals surface area contributed by atoms with Crippen molar-refractivity contribution in [3.05, 3.63) is 52.0 Å². The molecule has 1 heterocycles. The summed E-state index contributed by atoms with van der Waals surface area (Å²) in [5.41, 5.74) is 1.23. The van der Waals surface area contributed by atoms with Crippen LogP contribution in [0.25, 0.3) is 0 Å². The van der Waals surface area contributed by atoms with Gasteiger partial charge in [-0.05, 0) is 12.5 Å². The fourth-order valence-corrected chi connectivity index (χ4v) is 2.37. The molecule has 108 valence electrons. The Hall–Kier alpha value is -1.15. The van der Waals surface area contributed by atoms with E-state index >= 15 is 0 Å². The minimum Gasteiger partial charge on any atom is -0.352 e. The Morgan fingerprint density at radius 3 is 2.50 bits per heavy atom. The van der Waals surface area contributed by atoms with Crippen LogP contribution >= 0.6 is 35.3 Å². The molecular weight excluding hydrogens is 383 g/mol. The third kappa shape index (κ3) is 5.46. The Kier molecular flexibility index (Phi) is 7.53. The summed E-state index contributed by atoms with van der Waals surface area (Å²) in [4.78, 5) is 9.74. The van der Waals surface area contributed by atoms with Gasteiger partial charge >= 0.3 is 0 Å². The highest BCUT2D eigenvalue weighted by atomic mass is 127. The molecule has 0 atom stereocenters. The first-order chi connectivity index (χ1) is 9.28. The van der Waals surface area contributed by atoms with Crippen molar-refractivity contribution >= 4 is 41.3 Å². The average Bonchev–Trinajstić information content (AvgIpc) is 2.86. The van der Waals surface area contributed by atoms with Crippen LogP contribution in [0.15, 0.2) is 41.5 Å². The van der Waals surface area contributed by atoms with Crippen LogP contribution in [0.3, 0.4) is 0 Å². The van der Waals surface area contributed by atoms with E-state index < -0.39 is 0 Å². The van der Waals surface area contributed by atoms with E-state index in [1.165, 1.54) is 10.4 Å². The highest BCUT2D eigenvalue weighted by Crippen LogP contribution is 2.10. The minimum atomic E-state index is 0. The molecule has 0 aliphatic rings. The van der Waals surface area contributed by atoms with Crippen molar-refractivity contribution in [3.63, 3.8) is 0 Å². The van der Waals surface area contributed by atoms with Gasteiger partial charge in [-0.15, -0.1) is 35.3 Å². The van der Waals surface area contributed by atoms with E-state index in [9.17, 15) is 0 Å². The van der Waals surface area contributed by atoms with Gasteiger partial charge in [0.1, 0.15) is 5.01 Å². The number of nitrogens with zero attached hydrogens (tertiary/aromatic N) is 2. The smallest absolute Gasteiger partial charge is 0.191 e. The summed E-state index contributed by atoms with van der Waals surface area (Å²) >= 11 is 1.70. The molecule has 20 heavy (non-hydrogen) atoms. The lowest BCUT2D eigenvalue weighted by atomic mass is 10.2. The Labute approximate surface area is 140 Å². The topological polar surface area (TPSA) is 49.3 Å². The maximum atomic E-state index is 4.31. The van der Waals surface area contributed by atoms with E-state index in [2.05, 4.69) is 39.7 Å². The Morgan fingerprint density at radius 1 is 1.20 bits per heavy atom. The Bertz CT molecular complexity index is 539. The molecule has 2 N–H and O–H groups in total. The number of hydrogen-bond acceptors (Lipinski definition) is 3. The summed E-state index contributed by atoms with van der Waals surface area (Å²) < 4.78 is 0. The largest absolute Gasteiger partial charge is 0.352 e. The lowest BCUT2D eigenvalue weighted by molar-refractivity contribution is 0.805. The van der Waals surface area contributed by atoms with Gasteiger partial charge in [-0.1, -0.05) is 30.3 Å². The molecule has 0 saturated carbocycles. The van der Waals surface area contributed by atoms with Crippen LogP contribution in [-0.2, 0) is 13.1 Å². The van der Waals surface area contributed by atoms with Crippen LogP contribution in [0, 0.1) is 6.92 Å². The van der Waals surface area contributed by atoms with E-state index in [0.717, 1.165) is 17.5 Å². The summed E-state index contributed by atoms with van der Waals surface area (Å²) in [6, 6.07) is 10.3. The average molecular weight is 402 g/mol. The molecule has 2 rings (SSSR count). The summed E-state index contributed by atoms with van der Waals surface area (Å²) in [5.74, 6) is 0.789. The first kappa shape index (κ1) is 16.9. The second-order valence-electron chi connectivity index (χ2n) is 4.13. The SMILES string of the molecule is CN=C(NCc1ccccc1)NCc1ncc(C)s1.I. The maximum absolute atomic E-state index is 4.31. The van der Waals surface area contributed by atoms with E-state index in [1.54, 1.807) is 18.4 Å². The van der Waals surface area contributed by atoms with Crippen LogP contribution < -0.4 is 10.6 Å². The highest BCUT2D eigenvalue weighted by molar-refractivity contribution is 14.0. The van der Waals surface area contributed by atoms with Gasteiger partial charge in [-0.2, -0.15) is 0 Å². The number of nitrogens with one attached hydrogen (secondary N) is 2. The van der Waals surface area contributed by atoms with Crippen molar-refractivity contribution in [1.82, 2.24) is 15.6 Å². The third-order valence-electron chi connectivity index (χ3n) is 2.60. The van der Waals surface area contributed by atoms with Crippen molar-refractivity contribution in [2.75, 3.05) is 7.05 Å². The lowest BCUT2D eigenvalue weighted by Gasteiger charge is -2.10. The zero-order valence-electron chi connectivity index (χ0n) is 11.6. The Morgan fingerprint density at radius 2 is 1.90 bits per heavy atom.